The standard InChI is InChI=1S/C22H27ClO4/c1-3-12-26-19-11-9-17-14(2)13-20(25)27-22(17)21(19)18(24)10-6-15-4-7-16(23)8-5-15/h1,6,10,13,15-17,19,21-22H,4-5,7-9,11-12H2,2H3. The van der Waals surface area contributed by atoms with Gasteiger partial charge in [0.15, 0.2) is 5.78 Å². The largest absolute Gasteiger partial charge is 0.458 e. The Morgan fingerprint density at radius 1 is 1.33 bits per heavy atom. The number of halogens is 1. The highest BCUT2D eigenvalue weighted by molar-refractivity contribution is 6.20. The van der Waals surface area contributed by atoms with Gasteiger partial charge in [0.1, 0.15) is 12.7 Å². The van der Waals surface area contributed by atoms with Crippen LogP contribution in [0.25, 0.3) is 0 Å². The summed E-state index contributed by atoms with van der Waals surface area (Å²) in [5.41, 5.74) is 0.980. The summed E-state index contributed by atoms with van der Waals surface area (Å²) in [6.45, 7) is 2.08. The Balaban J connectivity index is 1.76. The summed E-state index contributed by atoms with van der Waals surface area (Å²) in [5.74, 6) is 1.99. The van der Waals surface area contributed by atoms with Crippen molar-refractivity contribution in [2.45, 2.75) is 63.0 Å². The molecule has 0 aromatic rings. The lowest BCUT2D eigenvalue weighted by Gasteiger charge is -2.43. The van der Waals surface area contributed by atoms with Gasteiger partial charge in [0, 0.05) is 17.4 Å². The van der Waals surface area contributed by atoms with E-state index in [9.17, 15) is 9.59 Å². The quantitative estimate of drug-likeness (QED) is 0.310. The average Bonchev–Trinajstić information content (AvgIpc) is 2.65. The molecule has 2 saturated carbocycles. The van der Waals surface area contributed by atoms with E-state index in [-0.39, 0.29) is 35.8 Å². The predicted molar refractivity (Wildman–Crippen MR) is 104 cm³/mol. The van der Waals surface area contributed by atoms with E-state index in [0.29, 0.717) is 5.92 Å². The van der Waals surface area contributed by atoms with E-state index in [2.05, 4.69) is 5.92 Å². The van der Waals surface area contributed by atoms with Crippen molar-refractivity contribution in [3.63, 3.8) is 0 Å². The van der Waals surface area contributed by atoms with Crippen LogP contribution in [-0.2, 0) is 19.1 Å². The van der Waals surface area contributed by atoms with Gasteiger partial charge in [-0.3, -0.25) is 4.79 Å². The van der Waals surface area contributed by atoms with Crippen molar-refractivity contribution in [1.29, 1.82) is 0 Å². The van der Waals surface area contributed by atoms with Crippen LogP contribution in [0.5, 0.6) is 0 Å². The SMILES string of the molecule is C#CCOC1CCC2C(C)=CC(=O)OC2C1C(=O)C=CC1CCC(Cl)CC1. The van der Waals surface area contributed by atoms with Crippen molar-refractivity contribution in [3.05, 3.63) is 23.8 Å². The van der Waals surface area contributed by atoms with Crippen molar-refractivity contribution in [2.75, 3.05) is 6.61 Å². The number of ether oxygens (including phenoxy) is 2. The first-order valence-corrected chi connectivity index (χ1v) is 10.2. The minimum absolute atomic E-state index is 0.0396. The monoisotopic (exact) mass is 390 g/mol. The van der Waals surface area contributed by atoms with Crippen LogP contribution in [0.4, 0.5) is 0 Å². The Labute approximate surface area is 166 Å². The van der Waals surface area contributed by atoms with Gasteiger partial charge in [-0.2, -0.15) is 0 Å². The van der Waals surface area contributed by atoms with Crippen LogP contribution >= 0.6 is 11.6 Å². The number of carbonyl (C=O) groups is 2. The first kappa shape index (κ1) is 20.2. The Kier molecular flexibility index (Phi) is 6.78. The Morgan fingerprint density at radius 3 is 2.78 bits per heavy atom. The molecule has 0 N–H and O–H groups in total. The molecule has 3 aliphatic rings. The number of ketones is 1. The second-order valence-corrected chi connectivity index (χ2v) is 8.44. The number of hydrogen-bond acceptors (Lipinski definition) is 4. The van der Waals surface area contributed by atoms with Crippen molar-refractivity contribution in [2.24, 2.45) is 17.8 Å². The van der Waals surface area contributed by atoms with Gasteiger partial charge in [-0.25, -0.2) is 4.79 Å². The third-order valence-electron chi connectivity index (χ3n) is 6.04. The molecule has 5 heteroatoms. The van der Waals surface area contributed by atoms with Crippen molar-refractivity contribution >= 4 is 23.4 Å². The molecule has 0 saturated heterocycles. The van der Waals surface area contributed by atoms with E-state index in [4.69, 9.17) is 27.5 Å². The highest BCUT2D eigenvalue weighted by atomic mass is 35.5. The average molecular weight is 391 g/mol. The second kappa shape index (κ2) is 9.08. The molecule has 146 valence electrons. The van der Waals surface area contributed by atoms with E-state index >= 15 is 0 Å². The molecular weight excluding hydrogens is 364 g/mol. The summed E-state index contributed by atoms with van der Waals surface area (Å²) in [4.78, 5) is 25.0. The van der Waals surface area contributed by atoms with E-state index in [1.54, 1.807) is 6.08 Å². The highest BCUT2D eigenvalue weighted by Gasteiger charge is 2.47. The minimum Gasteiger partial charge on any atom is -0.458 e. The molecule has 2 aliphatic carbocycles. The zero-order valence-electron chi connectivity index (χ0n) is 15.7. The zero-order chi connectivity index (χ0) is 19.4. The topological polar surface area (TPSA) is 52.6 Å². The summed E-state index contributed by atoms with van der Waals surface area (Å²) in [7, 11) is 0. The summed E-state index contributed by atoms with van der Waals surface area (Å²) in [6.07, 6.45) is 15.2. The van der Waals surface area contributed by atoms with Crippen LogP contribution in [0, 0.1) is 30.1 Å². The van der Waals surface area contributed by atoms with Crippen LogP contribution in [0.2, 0.25) is 0 Å². The van der Waals surface area contributed by atoms with Crippen molar-refractivity contribution < 1.29 is 19.1 Å². The van der Waals surface area contributed by atoms with Gasteiger partial charge in [0.2, 0.25) is 0 Å². The summed E-state index contributed by atoms with van der Waals surface area (Å²) in [5, 5.41) is 0.252. The molecule has 0 spiro atoms. The smallest absolute Gasteiger partial charge is 0.331 e. The number of terminal acetylenes is 1. The fourth-order valence-electron chi connectivity index (χ4n) is 4.55. The fourth-order valence-corrected chi connectivity index (χ4v) is 4.81. The number of fused-ring (bicyclic) bond motifs is 1. The van der Waals surface area contributed by atoms with Gasteiger partial charge in [-0.15, -0.1) is 18.0 Å². The molecule has 4 unspecified atom stereocenters. The van der Waals surface area contributed by atoms with Gasteiger partial charge in [-0.1, -0.05) is 17.6 Å². The van der Waals surface area contributed by atoms with Crippen molar-refractivity contribution in [3.8, 4) is 12.3 Å². The molecule has 0 aromatic heterocycles. The van der Waals surface area contributed by atoms with Crippen LogP contribution in [0.1, 0.15) is 45.4 Å². The molecule has 0 radical (unpaired) electrons. The van der Waals surface area contributed by atoms with Crippen molar-refractivity contribution in [1.82, 2.24) is 0 Å². The van der Waals surface area contributed by atoms with E-state index in [0.717, 1.165) is 44.1 Å². The Bertz CT molecular complexity index is 666. The first-order valence-electron chi connectivity index (χ1n) is 9.79. The molecule has 4 nitrogen and oxygen atoms in total. The molecule has 0 amide bonds. The van der Waals surface area contributed by atoms with Gasteiger partial charge in [0.25, 0.3) is 0 Å². The normalized spacial score (nSPS) is 36.5. The van der Waals surface area contributed by atoms with Crippen LogP contribution < -0.4 is 0 Å². The maximum Gasteiger partial charge on any atom is 0.331 e. The van der Waals surface area contributed by atoms with Crippen LogP contribution in [-0.4, -0.2) is 35.9 Å². The molecule has 4 atom stereocenters. The Hall–Kier alpha value is -1.57. The number of carbonyl (C=O) groups excluding carboxylic acids is 2. The number of hydrogen-bond donors (Lipinski definition) is 0. The third-order valence-corrected chi connectivity index (χ3v) is 6.48. The van der Waals surface area contributed by atoms with E-state index in [1.807, 2.05) is 13.0 Å². The maximum atomic E-state index is 13.1. The molecule has 0 aromatic carbocycles. The fraction of sp³-hybridized carbons (Fsp3) is 0.636. The van der Waals surface area contributed by atoms with Crippen LogP contribution in [0.3, 0.4) is 0 Å². The third kappa shape index (κ3) is 4.83. The number of allylic oxidation sites excluding steroid dienone is 2. The Morgan fingerprint density at radius 2 is 2.07 bits per heavy atom. The van der Waals surface area contributed by atoms with Crippen LogP contribution in [0.15, 0.2) is 23.8 Å². The minimum atomic E-state index is -0.509. The van der Waals surface area contributed by atoms with E-state index < -0.39 is 12.0 Å². The molecule has 2 fully saturated rings. The highest BCUT2D eigenvalue weighted by Crippen LogP contribution is 2.40. The first-order chi connectivity index (χ1) is 13.0. The van der Waals surface area contributed by atoms with E-state index in [1.165, 1.54) is 6.08 Å². The maximum absolute atomic E-state index is 13.1. The lowest BCUT2D eigenvalue weighted by molar-refractivity contribution is -0.163. The summed E-state index contributed by atoms with van der Waals surface area (Å²) >= 11 is 6.16. The molecule has 0 bridgehead atoms. The number of esters is 1. The zero-order valence-corrected chi connectivity index (χ0v) is 16.5. The lowest BCUT2D eigenvalue weighted by Crippen LogP contribution is -2.50. The van der Waals surface area contributed by atoms with Gasteiger partial charge in [0.05, 0.1) is 12.0 Å². The number of rotatable bonds is 5. The molecular formula is C22H27ClO4. The molecule has 27 heavy (non-hydrogen) atoms. The van der Waals surface area contributed by atoms with Gasteiger partial charge in [-0.05, 0) is 57.4 Å². The molecule has 3 rings (SSSR count). The predicted octanol–water partition coefficient (Wildman–Crippen LogP) is 3.83. The molecule has 1 heterocycles. The van der Waals surface area contributed by atoms with Gasteiger partial charge < -0.3 is 9.47 Å². The summed E-state index contributed by atoms with van der Waals surface area (Å²) < 4.78 is 11.4. The lowest BCUT2D eigenvalue weighted by atomic mass is 9.71. The van der Waals surface area contributed by atoms with Gasteiger partial charge >= 0.3 is 5.97 Å². The number of alkyl halides is 1. The second-order valence-electron chi connectivity index (χ2n) is 7.83. The summed E-state index contributed by atoms with van der Waals surface area (Å²) in [6, 6.07) is 0. The molecule has 1 aliphatic heterocycles.